The zero-order valence-corrected chi connectivity index (χ0v) is 11.9. The van der Waals surface area contributed by atoms with Crippen molar-refractivity contribution in [3.63, 3.8) is 0 Å². The first-order valence-electron chi connectivity index (χ1n) is 6.72. The van der Waals surface area contributed by atoms with Gasteiger partial charge in [-0.25, -0.2) is 0 Å². The van der Waals surface area contributed by atoms with Crippen LogP contribution in [-0.2, 0) is 6.54 Å². The van der Waals surface area contributed by atoms with Crippen LogP contribution in [0.3, 0.4) is 0 Å². The van der Waals surface area contributed by atoms with E-state index in [-0.39, 0.29) is 5.75 Å². The second-order valence-electron chi connectivity index (χ2n) is 4.71. The van der Waals surface area contributed by atoms with Crippen molar-refractivity contribution in [1.29, 1.82) is 0 Å². The fourth-order valence-electron chi connectivity index (χ4n) is 2.31. The molecule has 102 valence electrons. The summed E-state index contributed by atoms with van der Waals surface area (Å²) < 4.78 is 5.10. The number of phenols is 1. The van der Waals surface area contributed by atoms with E-state index in [2.05, 4.69) is 26.1 Å². The number of para-hydroxylation sites is 1. The lowest BCUT2D eigenvalue weighted by atomic mass is 9.95. The van der Waals surface area contributed by atoms with Crippen LogP contribution in [0.1, 0.15) is 39.2 Å². The number of phenolic OH excluding ortho intramolecular Hbond substituents is 1. The van der Waals surface area contributed by atoms with Crippen LogP contribution in [0.25, 0.3) is 0 Å². The van der Waals surface area contributed by atoms with Gasteiger partial charge in [0.1, 0.15) is 0 Å². The molecule has 0 aliphatic heterocycles. The van der Waals surface area contributed by atoms with Gasteiger partial charge in [-0.1, -0.05) is 38.8 Å². The van der Waals surface area contributed by atoms with E-state index in [4.69, 9.17) is 4.74 Å². The molecule has 0 saturated carbocycles. The Labute approximate surface area is 110 Å². The molecule has 0 aromatic heterocycles. The molecule has 2 N–H and O–H groups in total. The topological polar surface area (TPSA) is 41.5 Å². The number of hydrogen-bond acceptors (Lipinski definition) is 3. The molecule has 3 heteroatoms. The minimum Gasteiger partial charge on any atom is -0.504 e. The number of nitrogens with one attached hydrogen (secondary N) is 1. The fourth-order valence-corrected chi connectivity index (χ4v) is 2.31. The highest BCUT2D eigenvalue weighted by Crippen LogP contribution is 2.29. The molecule has 0 heterocycles. The Morgan fingerprint density at radius 1 is 1.28 bits per heavy atom. The Morgan fingerprint density at radius 3 is 2.50 bits per heavy atom. The Morgan fingerprint density at radius 2 is 1.94 bits per heavy atom. The van der Waals surface area contributed by atoms with E-state index in [1.54, 1.807) is 13.2 Å². The molecule has 1 aromatic carbocycles. The number of hydrogen-bond donors (Lipinski definition) is 2. The first-order chi connectivity index (χ1) is 8.63. The van der Waals surface area contributed by atoms with Crippen LogP contribution < -0.4 is 10.1 Å². The summed E-state index contributed by atoms with van der Waals surface area (Å²) in [6, 6.07) is 6.04. The van der Waals surface area contributed by atoms with Crippen molar-refractivity contribution in [2.45, 2.75) is 46.2 Å². The average molecular weight is 251 g/mol. The van der Waals surface area contributed by atoms with Gasteiger partial charge in [-0.3, -0.25) is 0 Å². The van der Waals surface area contributed by atoms with E-state index in [1.807, 2.05) is 12.1 Å². The van der Waals surface area contributed by atoms with Crippen LogP contribution in [0.4, 0.5) is 0 Å². The molecule has 18 heavy (non-hydrogen) atoms. The lowest BCUT2D eigenvalue weighted by Crippen LogP contribution is -2.32. The number of methoxy groups -OCH3 is 1. The lowest BCUT2D eigenvalue weighted by Gasteiger charge is -2.23. The second kappa shape index (κ2) is 7.27. The maximum Gasteiger partial charge on any atom is 0.162 e. The molecule has 0 radical (unpaired) electrons. The predicted molar refractivity (Wildman–Crippen MR) is 75.0 cm³/mol. The first-order valence-corrected chi connectivity index (χ1v) is 6.72. The summed E-state index contributed by atoms with van der Waals surface area (Å²) in [6.45, 7) is 7.31. The molecule has 0 saturated heterocycles. The molecule has 0 amide bonds. The maximum absolute atomic E-state index is 9.99. The summed E-state index contributed by atoms with van der Waals surface area (Å²) in [5.41, 5.74) is 0.882. The summed E-state index contributed by atoms with van der Waals surface area (Å²) in [4.78, 5) is 0. The van der Waals surface area contributed by atoms with Gasteiger partial charge < -0.3 is 15.2 Å². The largest absolute Gasteiger partial charge is 0.504 e. The van der Waals surface area contributed by atoms with E-state index in [0.29, 0.717) is 24.3 Å². The second-order valence-corrected chi connectivity index (χ2v) is 4.71. The Balaban J connectivity index is 2.63. The Hall–Kier alpha value is -1.22. The Kier molecular flexibility index (Phi) is 5.99. The van der Waals surface area contributed by atoms with E-state index in [0.717, 1.165) is 5.56 Å². The summed E-state index contributed by atoms with van der Waals surface area (Å²) in [5.74, 6) is 1.45. The van der Waals surface area contributed by atoms with Gasteiger partial charge >= 0.3 is 0 Å². The maximum atomic E-state index is 9.99. The molecule has 1 unspecified atom stereocenters. The first kappa shape index (κ1) is 14.8. The van der Waals surface area contributed by atoms with Gasteiger partial charge in [-0.15, -0.1) is 0 Å². The monoisotopic (exact) mass is 251 g/mol. The molecule has 0 spiro atoms. The van der Waals surface area contributed by atoms with Gasteiger partial charge in [-0.2, -0.15) is 0 Å². The van der Waals surface area contributed by atoms with Crippen molar-refractivity contribution in [3.8, 4) is 11.5 Å². The molecule has 1 aromatic rings. The summed E-state index contributed by atoms with van der Waals surface area (Å²) in [5, 5.41) is 13.5. The molecule has 0 aliphatic rings. The fraction of sp³-hybridized carbons (Fsp3) is 0.600. The summed E-state index contributed by atoms with van der Waals surface area (Å²) in [6.07, 6.45) is 2.35. The van der Waals surface area contributed by atoms with E-state index in [1.165, 1.54) is 12.8 Å². The molecule has 3 nitrogen and oxygen atoms in total. The molecular formula is C15H25NO2. The third-order valence-electron chi connectivity index (χ3n) is 3.67. The highest BCUT2D eigenvalue weighted by molar-refractivity contribution is 5.45. The molecule has 1 rings (SSSR count). The van der Waals surface area contributed by atoms with Crippen LogP contribution in [0, 0.1) is 5.92 Å². The van der Waals surface area contributed by atoms with Gasteiger partial charge in [0.05, 0.1) is 7.11 Å². The van der Waals surface area contributed by atoms with Crippen molar-refractivity contribution in [2.75, 3.05) is 7.11 Å². The minimum absolute atomic E-state index is 0.240. The highest BCUT2D eigenvalue weighted by atomic mass is 16.5. The van der Waals surface area contributed by atoms with Crippen LogP contribution in [-0.4, -0.2) is 18.3 Å². The highest BCUT2D eigenvalue weighted by Gasteiger charge is 2.14. The van der Waals surface area contributed by atoms with Crippen molar-refractivity contribution >= 4 is 0 Å². The normalized spacial score (nSPS) is 12.7. The number of aromatic hydroxyl groups is 1. The van der Waals surface area contributed by atoms with Crippen molar-refractivity contribution < 1.29 is 9.84 Å². The van der Waals surface area contributed by atoms with Crippen LogP contribution >= 0.6 is 0 Å². The SMILES string of the molecule is CCC(CC)C(C)NCc1cccc(OC)c1O. The van der Waals surface area contributed by atoms with E-state index < -0.39 is 0 Å². The Bertz CT molecular complexity index is 362. The molecule has 0 fully saturated rings. The summed E-state index contributed by atoms with van der Waals surface area (Å²) >= 11 is 0. The summed E-state index contributed by atoms with van der Waals surface area (Å²) in [7, 11) is 1.57. The standard InChI is InChI=1S/C15H25NO2/c1-5-12(6-2)11(3)16-10-13-8-7-9-14(18-4)15(13)17/h7-9,11-12,16-17H,5-6,10H2,1-4H3. The van der Waals surface area contributed by atoms with Gasteiger partial charge in [0, 0.05) is 18.2 Å². The van der Waals surface area contributed by atoms with E-state index in [9.17, 15) is 5.11 Å². The van der Waals surface area contributed by atoms with Gasteiger partial charge in [0.25, 0.3) is 0 Å². The predicted octanol–water partition coefficient (Wildman–Crippen LogP) is 3.32. The number of rotatable bonds is 7. The third kappa shape index (κ3) is 3.64. The van der Waals surface area contributed by atoms with Gasteiger partial charge in [0.15, 0.2) is 11.5 Å². The zero-order chi connectivity index (χ0) is 13.5. The van der Waals surface area contributed by atoms with Crippen molar-refractivity contribution in [3.05, 3.63) is 23.8 Å². The van der Waals surface area contributed by atoms with Crippen LogP contribution in [0.5, 0.6) is 11.5 Å². The lowest BCUT2D eigenvalue weighted by molar-refractivity contribution is 0.345. The molecule has 0 aliphatic carbocycles. The third-order valence-corrected chi connectivity index (χ3v) is 3.67. The van der Waals surface area contributed by atoms with Gasteiger partial charge in [-0.05, 0) is 18.9 Å². The average Bonchev–Trinajstić information content (AvgIpc) is 2.39. The molecular weight excluding hydrogens is 226 g/mol. The molecule has 1 atom stereocenters. The zero-order valence-electron chi connectivity index (χ0n) is 11.9. The van der Waals surface area contributed by atoms with Crippen molar-refractivity contribution in [1.82, 2.24) is 5.32 Å². The number of benzene rings is 1. The quantitative estimate of drug-likeness (QED) is 0.781. The number of ether oxygens (including phenoxy) is 1. The molecule has 0 bridgehead atoms. The van der Waals surface area contributed by atoms with Crippen molar-refractivity contribution in [2.24, 2.45) is 5.92 Å². The van der Waals surface area contributed by atoms with Crippen LogP contribution in [0.15, 0.2) is 18.2 Å². The van der Waals surface area contributed by atoms with Gasteiger partial charge in [0.2, 0.25) is 0 Å². The minimum atomic E-state index is 0.240. The van der Waals surface area contributed by atoms with Crippen LogP contribution in [0.2, 0.25) is 0 Å². The smallest absolute Gasteiger partial charge is 0.162 e. The van der Waals surface area contributed by atoms with E-state index >= 15 is 0 Å².